The lowest BCUT2D eigenvalue weighted by Crippen LogP contribution is -1.92. The van der Waals surface area contributed by atoms with E-state index in [4.69, 9.17) is 29.5 Å². The van der Waals surface area contributed by atoms with Gasteiger partial charge in [0.25, 0.3) is 0 Å². The van der Waals surface area contributed by atoms with Crippen molar-refractivity contribution in [1.29, 1.82) is 0 Å². The Hall–Kier alpha value is -1.50. The van der Waals surface area contributed by atoms with Crippen LogP contribution in [0.5, 0.6) is 0 Å². The number of aliphatic carboxylic acids is 1. The average Bonchev–Trinajstić information content (AvgIpc) is 2.29. The standard InChI is InChI=1S/C8H10O.C4H6O2.H3O4P/c9-7-6-8-4-2-1-3-5-8;1-3(2)4(5)6;1-5(2,3)4/h1-5,9H,6-7H2;1H2,2H3,(H,5,6);(H3,1,2,3,4). The van der Waals surface area contributed by atoms with E-state index >= 15 is 0 Å². The van der Waals surface area contributed by atoms with Crippen molar-refractivity contribution < 1.29 is 34.3 Å². The molecule has 1 aromatic rings. The maximum absolute atomic E-state index is 9.60. The molecule has 1 aromatic carbocycles. The monoisotopic (exact) mass is 306 g/mol. The second-order valence-electron chi connectivity index (χ2n) is 3.56. The third-order valence-electron chi connectivity index (χ3n) is 1.61. The molecule has 0 aliphatic rings. The summed E-state index contributed by atoms with van der Waals surface area (Å²) in [6, 6.07) is 9.95. The van der Waals surface area contributed by atoms with Crippen LogP contribution in [0.1, 0.15) is 12.5 Å². The average molecular weight is 306 g/mol. The van der Waals surface area contributed by atoms with Gasteiger partial charge in [-0.25, -0.2) is 9.36 Å². The number of phosphoric acid groups is 1. The van der Waals surface area contributed by atoms with Crippen LogP contribution in [0.25, 0.3) is 0 Å². The predicted octanol–water partition coefficient (Wildman–Crippen LogP) is 0.940. The van der Waals surface area contributed by atoms with Crippen molar-refractivity contribution in [1.82, 2.24) is 0 Å². The van der Waals surface area contributed by atoms with Crippen LogP contribution < -0.4 is 0 Å². The van der Waals surface area contributed by atoms with Crippen molar-refractivity contribution in [3.8, 4) is 0 Å². The Kier molecular flexibility index (Phi) is 11.8. The van der Waals surface area contributed by atoms with Gasteiger partial charge in [0.15, 0.2) is 0 Å². The first-order chi connectivity index (χ1) is 9.07. The number of benzene rings is 1. The molecular weight excluding hydrogens is 287 g/mol. The molecule has 0 aromatic heterocycles. The van der Waals surface area contributed by atoms with Crippen molar-refractivity contribution in [3.05, 3.63) is 48.0 Å². The molecule has 0 radical (unpaired) electrons. The largest absolute Gasteiger partial charge is 0.478 e. The highest BCUT2D eigenvalue weighted by Gasteiger charge is 2.00. The van der Waals surface area contributed by atoms with Gasteiger partial charge >= 0.3 is 13.8 Å². The summed E-state index contributed by atoms with van der Waals surface area (Å²) in [5.41, 5.74) is 1.37. The molecule has 0 amide bonds. The first-order valence-electron chi connectivity index (χ1n) is 5.39. The zero-order chi connectivity index (χ0) is 16.2. The number of carboxylic acids is 1. The summed E-state index contributed by atoms with van der Waals surface area (Å²) < 4.78 is 8.88. The molecule has 0 saturated heterocycles. The van der Waals surface area contributed by atoms with Gasteiger partial charge in [-0.1, -0.05) is 36.9 Å². The third kappa shape index (κ3) is 21.8. The summed E-state index contributed by atoms with van der Waals surface area (Å²) in [5.74, 6) is -0.935. The number of hydrogen-bond donors (Lipinski definition) is 5. The van der Waals surface area contributed by atoms with Crippen LogP contribution in [0.15, 0.2) is 42.5 Å². The summed E-state index contributed by atoms with van der Waals surface area (Å²) in [4.78, 5) is 31.2. The smallest absolute Gasteiger partial charge is 0.466 e. The van der Waals surface area contributed by atoms with E-state index in [9.17, 15) is 4.79 Å². The van der Waals surface area contributed by atoms with Gasteiger partial charge in [0, 0.05) is 12.2 Å². The second kappa shape index (κ2) is 11.3. The van der Waals surface area contributed by atoms with Crippen LogP contribution in [0.4, 0.5) is 0 Å². The molecule has 8 heteroatoms. The number of aliphatic hydroxyl groups excluding tert-OH is 1. The zero-order valence-electron chi connectivity index (χ0n) is 11.0. The maximum Gasteiger partial charge on any atom is 0.466 e. The van der Waals surface area contributed by atoms with Gasteiger partial charge in [-0.3, -0.25) is 0 Å². The van der Waals surface area contributed by atoms with Crippen molar-refractivity contribution >= 4 is 13.8 Å². The van der Waals surface area contributed by atoms with E-state index < -0.39 is 13.8 Å². The molecule has 5 N–H and O–H groups in total. The van der Waals surface area contributed by atoms with E-state index in [-0.39, 0.29) is 12.2 Å². The molecule has 7 nitrogen and oxygen atoms in total. The van der Waals surface area contributed by atoms with Gasteiger partial charge in [0.05, 0.1) is 0 Å². The molecule has 0 unspecified atom stereocenters. The van der Waals surface area contributed by atoms with Crippen LogP contribution in [0.2, 0.25) is 0 Å². The molecule has 0 aliphatic heterocycles. The van der Waals surface area contributed by atoms with Gasteiger partial charge in [-0.15, -0.1) is 0 Å². The fourth-order valence-electron chi connectivity index (χ4n) is 0.774. The Morgan fingerprint density at radius 2 is 1.55 bits per heavy atom. The Morgan fingerprint density at radius 3 is 1.80 bits per heavy atom. The number of rotatable bonds is 3. The van der Waals surface area contributed by atoms with Gasteiger partial charge in [-0.2, -0.15) is 0 Å². The predicted molar refractivity (Wildman–Crippen MR) is 73.9 cm³/mol. The second-order valence-corrected chi connectivity index (χ2v) is 4.58. The lowest BCUT2D eigenvalue weighted by Gasteiger charge is -1.93. The molecule has 0 saturated carbocycles. The lowest BCUT2D eigenvalue weighted by molar-refractivity contribution is -0.132. The van der Waals surface area contributed by atoms with E-state index in [0.717, 1.165) is 6.42 Å². The van der Waals surface area contributed by atoms with Crippen LogP contribution in [0, 0.1) is 0 Å². The van der Waals surface area contributed by atoms with E-state index in [0.29, 0.717) is 0 Å². The summed E-state index contributed by atoms with van der Waals surface area (Å²) in [5, 5.41) is 16.4. The number of hydrogen-bond acceptors (Lipinski definition) is 3. The molecule has 1 rings (SSSR count). The van der Waals surface area contributed by atoms with Gasteiger partial charge < -0.3 is 24.9 Å². The van der Waals surface area contributed by atoms with Crippen molar-refractivity contribution in [2.24, 2.45) is 0 Å². The van der Waals surface area contributed by atoms with Gasteiger partial charge in [0.1, 0.15) is 0 Å². The Labute approximate surface area is 117 Å². The Bertz CT molecular complexity index is 418. The molecule has 20 heavy (non-hydrogen) atoms. The quantitative estimate of drug-likeness (QED) is 0.414. The minimum absolute atomic E-state index is 0.176. The fourth-order valence-corrected chi connectivity index (χ4v) is 0.774. The summed E-state index contributed by atoms with van der Waals surface area (Å²) in [6.45, 7) is 4.84. The van der Waals surface area contributed by atoms with E-state index in [1.165, 1.54) is 12.5 Å². The molecule has 0 fully saturated rings. The number of carboxylic acid groups (broad SMARTS) is 1. The molecule has 0 atom stereocenters. The lowest BCUT2D eigenvalue weighted by atomic mass is 10.2. The SMILES string of the molecule is C=C(C)C(=O)O.O=P(O)(O)O.OCCc1ccccc1. The van der Waals surface area contributed by atoms with Crippen LogP contribution in [-0.2, 0) is 15.8 Å². The third-order valence-corrected chi connectivity index (χ3v) is 1.61. The van der Waals surface area contributed by atoms with Crippen molar-refractivity contribution in [2.45, 2.75) is 13.3 Å². The summed E-state index contributed by atoms with van der Waals surface area (Å²) >= 11 is 0. The maximum atomic E-state index is 9.60. The Balaban J connectivity index is 0. The van der Waals surface area contributed by atoms with Gasteiger partial charge in [0.2, 0.25) is 0 Å². The highest BCUT2D eigenvalue weighted by molar-refractivity contribution is 7.45. The van der Waals surface area contributed by atoms with E-state index in [1.54, 1.807) is 0 Å². The molecule has 114 valence electrons. The minimum atomic E-state index is -4.64. The molecular formula is C12H19O7P. The molecule has 0 bridgehead atoms. The van der Waals surface area contributed by atoms with Crippen LogP contribution in [-0.4, -0.2) is 37.5 Å². The minimum Gasteiger partial charge on any atom is -0.478 e. The van der Waals surface area contributed by atoms with E-state index in [1.807, 2.05) is 30.3 Å². The topological polar surface area (TPSA) is 135 Å². The summed E-state index contributed by atoms with van der Waals surface area (Å²) in [7, 11) is -4.64. The first-order valence-corrected chi connectivity index (χ1v) is 6.96. The highest BCUT2D eigenvalue weighted by Crippen LogP contribution is 2.25. The van der Waals surface area contributed by atoms with Crippen LogP contribution >= 0.6 is 7.82 Å². The van der Waals surface area contributed by atoms with E-state index in [2.05, 4.69) is 6.58 Å². The fraction of sp³-hybridized carbons (Fsp3) is 0.250. The van der Waals surface area contributed by atoms with Crippen LogP contribution in [0.3, 0.4) is 0 Å². The molecule has 0 spiro atoms. The van der Waals surface area contributed by atoms with Crippen molar-refractivity contribution in [2.75, 3.05) is 6.61 Å². The van der Waals surface area contributed by atoms with Gasteiger partial charge in [-0.05, 0) is 18.9 Å². The molecule has 0 aliphatic carbocycles. The van der Waals surface area contributed by atoms with Crippen molar-refractivity contribution in [3.63, 3.8) is 0 Å². The number of carbonyl (C=O) groups is 1. The first kappa shape index (κ1) is 20.8. The highest BCUT2D eigenvalue weighted by atomic mass is 31.2. The Morgan fingerprint density at radius 1 is 1.20 bits per heavy atom. The summed E-state index contributed by atoms with van der Waals surface area (Å²) in [6.07, 6.45) is 0.765. The molecule has 0 heterocycles. The zero-order valence-corrected chi connectivity index (χ0v) is 11.9. The number of aliphatic hydroxyl groups is 1. The normalized spacial score (nSPS) is 9.45.